The Balaban J connectivity index is 2.14. The van der Waals surface area contributed by atoms with Gasteiger partial charge in [-0.15, -0.1) is 11.3 Å². The number of aliphatic hydroxyl groups excluding tert-OH is 1. The number of halogens is 1. The first kappa shape index (κ1) is 10.4. The predicted molar refractivity (Wildman–Crippen MR) is 63.2 cm³/mol. The lowest BCUT2D eigenvalue weighted by Gasteiger charge is -1.89. The Morgan fingerprint density at radius 1 is 1.41 bits per heavy atom. The van der Waals surface area contributed by atoms with E-state index in [9.17, 15) is 4.39 Å². The third-order valence-electron chi connectivity index (χ3n) is 2.42. The van der Waals surface area contributed by atoms with Crippen LogP contribution in [0.5, 0.6) is 0 Å². The largest absolute Gasteiger partial charge is 0.450 e. The summed E-state index contributed by atoms with van der Waals surface area (Å²) in [6.07, 6.45) is 1.59. The minimum Gasteiger partial charge on any atom is -0.450 e. The van der Waals surface area contributed by atoms with E-state index >= 15 is 0 Å². The fourth-order valence-corrected chi connectivity index (χ4v) is 2.35. The zero-order chi connectivity index (χ0) is 11.8. The van der Waals surface area contributed by atoms with Crippen LogP contribution in [0.2, 0.25) is 0 Å². The highest BCUT2D eigenvalue weighted by molar-refractivity contribution is 7.14. The van der Waals surface area contributed by atoms with Crippen molar-refractivity contribution in [1.82, 2.24) is 4.98 Å². The van der Waals surface area contributed by atoms with E-state index in [4.69, 9.17) is 9.52 Å². The maximum absolute atomic E-state index is 13.4. The van der Waals surface area contributed by atoms with Crippen LogP contribution in [0.3, 0.4) is 0 Å². The highest BCUT2D eigenvalue weighted by Gasteiger charge is 2.12. The molecule has 86 valence electrons. The molecule has 2 heterocycles. The van der Waals surface area contributed by atoms with Crippen LogP contribution in [-0.4, -0.2) is 10.1 Å². The number of aliphatic hydroxyl groups is 1. The minimum absolute atomic E-state index is 0.0493. The second-order valence-corrected chi connectivity index (χ2v) is 4.67. The zero-order valence-electron chi connectivity index (χ0n) is 8.68. The van der Waals surface area contributed by atoms with Gasteiger partial charge in [0.1, 0.15) is 0 Å². The molecule has 17 heavy (non-hydrogen) atoms. The summed E-state index contributed by atoms with van der Waals surface area (Å²) < 4.78 is 18.9. The van der Waals surface area contributed by atoms with Gasteiger partial charge in [-0.05, 0) is 12.1 Å². The van der Waals surface area contributed by atoms with Crippen molar-refractivity contribution in [1.29, 1.82) is 0 Å². The van der Waals surface area contributed by atoms with Crippen molar-refractivity contribution in [3.8, 4) is 10.8 Å². The molecule has 0 spiro atoms. The van der Waals surface area contributed by atoms with Crippen LogP contribution in [0.1, 0.15) is 4.88 Å². The van der Waals surface area contributed by atoms with Crippen LogP contribution >= 0.6 is 11.3 Å². The summed E-state index contributed by atoms with van der Waals surface area (Å²) in [5, 5.41) is 10.3. The molecule has 3 nitrogen and oxygen atoms in total. The Labute approximate surface area is 100 Å². The second-order valence-electron chi connectivity index (χ2n) is 3.56. The lowest BCUT2D eigenvalue weighted by atomic mass is 10.2. The number of furan rings is 1. The summed E-state index contributed by atoms with van der Waals surface area (Å²) in [5.41, 5.74) is 0.239. The summed E-state index contributed by atoms with van der Waals surface area (Å²) in [5.74, 6) is 0.141. The number of fused-ring (bicyclic) bond motifs is 1. The van der Waals surface area contributed by atoms with Gasteiger partial charge in [-0.3, -0.25) is 0 Å². The molecule has 0 aliphatic carbocycles. The van der Waals surface area contributed by atoms with Gasteiger partial charge >= 0.3 is 0 Å². The Morgan fingerprint density at radius 2 is 2.29 bits per heavy atom. The van der Waals surface area contributed by atoms with Gasteiger partial charge in [0, 0.05) is 11.6 Å². The molecule has 1 N–H and O–H groups in total. The Hall–Kier alpha value is -1.72. The first-order chi connectivity index (χ1) is 8.28. The molecule has 0 fully saturated rings. The third-order valence-corrected chi connectivity index (χ3v) is 3.41. The maximum atomic E-state index is 13.4. The van der Waals surface area contributed by atoms with Crippen LogP contribution in [0, 0.1) is 5.82 Å². The van der Waals surface area contributed by atoms with Crippen LogP contribution in [-0.2, 0) is 6.61 Å². The van der Waals surface area contributed by atoms with Crippen LogP contribution in [0.25, 0.3) is 21.7 Å². The van der Waals surface area contributed by atoms with Crippen molar-refractivity contribution in [2.45, 2.75) is 6.61 Å². The van der Waals surface area contributed by atoms with Crippen molar-refractivity contribution in [3.63, 3.8) is 0 Å². The first-order valence-corrected chi connectivity index (χ1v) is 5.83. The Kier molecular flexibility index (Phi) is 2.42. The molecule has 0 saturated heterocycles. The van der Waals surface area contributed by atoms with Crippen molar-refractivity contribution in [2.24, 2.45) is 0 Å². The molecule has 2 aromatic heterocycles. The van der Waals surface area contributed by atoms with E-state index in [2.05, 4.69) is 4.98 Å². The zero-order valence-corrected chi connectivity index (χ0v) is 9.50. The standard InChI is InChI=1S/C12H8FNO2S/c13-9-3-1-2-7-4-10(16-11(7)9)12-14-5-8(6-15)17-12/h1-5,15H,6H2. The number of thiazole rings is 1. The van der Waals surface area contributed by atoms with Gasteiger partial charge in [-0.25, -0.2) is 9.37 Å². The summed E-state index contributed by atoms with van der Waals surface area (Å²) in [7, 11) is 0. The SMILES string of the molecule is OCc1cnc(-c2cc3cccc(F)c3o2)s1. The summed E-state index contributed by atoms with van der Waals surface area (Å²) in [4.78, 5) is 4.88. The molecule has 0 aliphatic heterocycles. The van der Waals surface area contributed by atoms with E-state index in [0.717, 1.165) is 4.88 Å². The van der Waals surface area contributed by atoms with Crippen LogP contribution in [0.15, 0.2) is 34.9 Å². The van der Waals surface area contributed by atoms with Gasteiger partial charge in [-0.1, -0.05) is 12.1 Å². The number of hydrogen-bond donors (Lipinski definition) is 1. The molecule has 0 bridgehead atoms. The number of benzene rings is 1. The van der Waals surface area contributed by atoms with Crippen LogP contribution in [0.4, 0.5) is 4.39 Å². The van der Waals surface area contributed by atoms with E-state index in [-0.39, 0.29) is 18.0 Å². The average Bonchev–Trinajstić information content (AvgIpc) is 2.95. The van der Waals surface area contributed by atoms with Gasteiger partial charge in [0.25, 0.3) is 0 Å². The van der Waals surface area contributed by atoms with Gasteiger partial charge in [0.15, 0.2) is 22.2 Å². The highest BCUT2D eigenvalue weighted by atomic mass is 32.1. The smallest absolute Gasteiger partial charge is 0.170 e. The minimum atomic E-state index is -0.382. The Morgan fingerprint density at radius 3 is 3.00 bits per heavy atom. The quantitative estimate of drug-likeness (QED) is 0.758. The van der Waals surface area contributed by atoms with Gasteiger partial charge < -0.3 is 9.52 Å². The third kappa shape index (κ3) is 1.73. The molecule has 0 unspecified atom stereocenters. The van der Waals surface area contributed by atoms with E-state index in [0.29, 0.717) is 16.2 Å². The number of nitrogens with zero attached hydrogens (tertiary/aromatic N) is 1. The summed E-state index contributed by atoms with van der Waals surface area (Å²) in [6, 6.07) is 6.53. The molecule has 3 rings (SSSR count). The summed E-state index contributed by atoms with van der Waals surface area (Å²) in [6.45, 7) is -0.0493. The predicted octanol–water partition coefficient (Wildman–Crippen LogP) is 3.19. The Bertz CT molecular complexity index is 674. The normalized spacial score (nSPS) is 11.2. The van der Waals surface area contributed by atoms with E-state index in [1.54, 1.807) is 24.4 Å². The average molecular weight is 249 g/mol. The van der Waals surface area contributed by atoms with E-state index in [1.165, 1.54) is 17.4 Å². The molecule has 5 heteroatoms. The monoisotopic (exact) mass is 249 g/mol. The van der Waals surface area contributed by atoms with Crippen molar-refractivity contribution >= 4 is 22.3 Å². The molecule has 0 radical (unpaired) electrons. The molecular weight excluding hydrogens is 241 g/mol. The maximum Gasteiger partial charge on any atom is 0.170 e. The molecule has 0 saturated carbocycles. The van der Waals surface area contributed by atoms with Crippen molar-refractivity contribution < 1.29 is 13.9 Å². The lowest BCUT2D eigenvalue weighted by molar-refractivity contribution is 0.285. The second kappa shape index (κ2) is 3.94. The van der Waals surface area contributed by atoms with Crippen molar-refractivity contribution in [3.05, 3.63) is 41.2 Å². The molecule has 3 aromatic rings. The molecule has 1 aromatic carbocycles. The molecule has 0 aliphatic rings. The number of para-hydroxylation sites is 1. The van der Waals surface area contributed by atoms with E-state index < -0.39 is 0 Å². The first-order valence-electron chi connectivity index (χ1n) is 5.02. The topological polar surface area (TPSA) is 46.3 Å². The summed E-state index contributed by atoms with van der Waals surface area (Å²) >= 11 is 1.33. The highest BCUT2D eigenvalue weighted by Crippen LogP contribution is 2.31. The lowest BCUT2D eigenvalue weighted by Crippen LogP contribution is -1.71. The fourth-order valence-electron chi connectivity index (χ4n) is 1.63. The number of aromatic nitrogens is 1. The van der Waals surface area contributed by atoms with Gasteiger partial charge in [0.05, 0.1) is 11.5 Å². The molecular formula is C12H8FNO2S. The van der Waals surface area contributed by atoms with Crippen LogP contribution < -0.4 is 0 Å². The van der Waals surface area contributed by atoms with Gasteiger partial charge in [0.2, 0.25) is 0 Å². The van der Waals surface area contributed by atoms with Crippen molar-refractivity contribution in [2.75, 3.05) is 0 Å². The van der Waals surface area contributed by atoms with Gasteiger partial charge in [-0.2, -0.15) is 0 Å². The molecule has 0 amide bonds. The van der Waals surface area contributed by atoms with E-state index in [1.807, 2.05) is 0 Å². The molecule has 0 atom stereocenters. The number of rotatable bonds is 2. The fraction of sp³-hybridized carbons (Fsp3) is 0.0833. The number of hydrogen-bond acceptors (Lipinski definition) is 4.